The van der Waals surface area contributed by atoms with Crippen LogP contribution in [-0.2, 0) is 9.47 Å². The maximum Gasteiger partial charge on any atom is 0.407 e. The summed E-state index contributed by atoms with van der Waals surface area (Å²) >= 11 is 0. The topological polar surface area (TPSA) is 59.6 Å². The van der Waals surface area contributed by atoms with Crippen LogP contribution in [0.4, 0.5) is 4.79 Å². The molecule has 0 radical (unpaired) electrons. The molecule has 0 aromatic heterocycles. The smallest absolute Gasteiger partial charge is 0.407 e. The highest BCUT2D eigenvalue weighted by Gasteiger charge is 2.26. The van der Waals surface area contributed by atoms with Gasteiger partial charge in [0.25, 0.3) is 0 Å². The van der Waals surface area contributed by atoms with Gasteiger partial charge >= 0.3 is 6.09 Å². The first-order chi connectivity index (χ1) is 7.81. The molecule has 2 N–H and O–H groups in total. The average Bonchev–Trinajstić information content (AvgIpc) is 2.15. The van der Waals surface area contributed by atoms with Gasteiger partial charge in [-0.05, 0) is 34.1 Å². The molecule has 1 rings (SSSR count). The molecule has 0 aliphatic carbocycles. The van der Waals surface area contributed by atoms with Crippen LogP contribution in [0.1, 0.15) is 34.1 Å². The van der Waals surface area contributed by atoms with Crippen molar-refractivity contribution in [3.63, 3.8) is 0 Å². The monoisotopic (exact) mass is 244 g/mol. The first-order valence-corrected chi connectivity index (χ1v) is 6.10. The number of amides is 1. The minimum Gasteiger partial charge on any atom is -0.444 e. The third kappa shape index (κ3) is 5.89. The predicted octanol–water partition coefficient (Wildman–Crippen LogP) is 1.28. The summed E-state index contributed by atoms with van der Waals surface area (Å²) in [6, 6.07) is 0. The van der Waals surface area contributed by atoms with E-state index in [-0.39, 0.29) is 11.6 Å². The average molecular weight is 244 g/mol. The van der Waals surface area contributed by atoms with E-state index in [4.69, 9.17) is 9.47 Å². The second-order valence-corrected chi connectivity index (χ2v) is 5.72. The van der Waals surface area contributed by atoms with Crippen molar-refractivity contribution < 1.29 is 14.3 Å². The van der Waals surface area contributed by atoms with Crippen LogP contribution in [0.5, 0.6) is 0 Å². The Morgan fingerprint density at radius 2 is 2.24 bits per heavy atom. The number of rotatable bonds is 3. The fraction of sp³-hybridized carbons (Fsp3) is 0.917. The molecule has 0 aromatic rings. The minimum atomic E-state index is -0.444. The zero-order chi connectivity index (χ0) is 12.9. The van der Waals surface area contributed by atoms with Crippen LogP contribution in [-0.4, -0.2) is 43.5 Å². The molecule has 1 aliphatic heterocycles. The lowest BCUT2D eigenvalue weighted by Crippen LogP contribution is -2.53. The summed E-state index contributed by atoms with van der Waals surface area (Å²) in [6.45, 7) is 10.5. The van der Waals surface area contributed by atoms with E-state index in [0.717, 1.165) is 19.6 Å². The van der Waals surface area contributed by atoms with E-state index < -0.39 is 5.60 Å². The normalized spacial score (nSPS) is 25.4. The Labute approximate surface area is 103 Å². The molecule has 1 heterocycles. The molecule has 1 atom stereocenters. The number of alkyl carbamates (subject to hydrolysis) is 1. The fourth-order valence-electron chi connectivity index (χ4n) is 1.69. The van der Waals surface area contributed by atoms with Crippen LogP contribution in [0.3, 0.4) is 0 Å². The van der Waals surface area contributed by atoms with Crippen molar-refractivity contribution in [1.29, 1.82) is 0 Å². The molecule has 1 aliphatic rings. The highest BCUT2D eigenvalue weighted by molar-refractivity contribution is 5.67. The Bertz CT molecular complexity index is 255. The molecule has 1 saturated heterocycles. The van der Waals surface area contributed by atoms with Crippen LogP contribution in [0.25, 0.3) is 0 Å². The Balaban J connectivity index is 2.20. The lowest BCUT2D eigenvalue weighted by Gasteiger charge is -2.34. The lowest BCUT2D eigenvalue weighted by atomic mass is 9.98. The Hall–Kier alpha value is -0.810. The fourth-order valence-corrected chi connectivity index (χ4v) is 1.69. The van der Waals surface area contributed by atoms with Crippen LogP contribution < -0.4 is 10.6 Å². The second kappa shape index (κ2) is 5.69. The molecule has 1 amide bonds. The summed E-state index contributed by atoms with van der Waals surface area (Å²) in [4.78, 5) is 11.4. The van der Waals surface area contributed by atoms with Crippen molar-refractivity contribution in [2.75, 3.05) is 26.3 Å². The minimum absolute atomic E-state index is 0.0484. The number of hydrogen-bond donors (Lipinski definition) is 2. The first kappa shape index (κ1) is 14.3. The molecular weight excluding hydrogens is 220 g/mol. The van der Waals surface area contributed by atoms with Crippen molar-refractivity contribution in [2.45, 2.75) is 45.3 Å². The van der Waals surface area contributed by atoms with Crippen LogP contribution in [0, 0.1) is 0 Å². The summed E-state index contributed by atoms with van der Waals surface area (Å²) in [6.07, 6.45) is 0.463. The molecule has 5 heteroatoms. The number of nitrogens with one attached hydrogen (secondary N) is 2. The van der Waals surface area contributed by atoms with Crippen molar-refractivity contribution in [2.24, 2.45) is 0 Å². The van der Waals surface area contributed by atoms with Gasteiger partial charge in [-0.3, -0.25) is 0 Å². The zero-order valence-electron chi connectivity index (χ0n) is 11.3. The predicted molar refractivity (Wildman–Crippen MR) is 66.1 cm³/mol. The van der Waals surface area contributed by atoms with E-state index in [0.29, 0.717) is 13.2 Å². The van der Waals surface area contributed by atoms with Gasteiger partial charge < -0.3 is 20.1 Å². The van der Waals surface area contributed by atoms with E-state index in [2.05, 4.69) is 17.6 Å². The maximum atomic E-state index is 11.4. The number of ether oxygens (including phenoxy) is 2. The van der Waals surface area contributed by atoms with Crippen molar-refractivity contribution in [1.82, 2.24) is 10.6 Å². The van der Waals surface area contributed by atoms with Crippen LogP contribution in [0.2, 0.25) is 0 Å². The van der Waals surface area contributed by atoms with Crippen molar-refractivity contribution in [3.8, 4) is 0 Å². The van der Waals surface area contributed by atoms with Gasteiger partial charge in [-0.15, -0.1) is 0 Å². The summed E-state index contributed by atoms with van der Waals surface area (Å²) in [5, 5.41) is 6.16. The Kier molecular flexibility index (Phi) is 4.77. The second-order valence-electron chi connectivity index (χ2n) is 5.72. The molecule has 100 valence electrons. The maximum absolute atomic E-state index is 11.4. The van der Waals surface area contributed by atoms with E-state index in [1.54, 1.807) is 0 Å². The highest BCUT2D eigenvalue weighted by atomic mass is 16.6. The Morgan fingerprint density at radius 1 is 1.53 bits per heavy atom. The quantitative estimate of drug-likeness (QED) is 0.785. The van der Waals surface area contributed by atoms with Gasteiger partial charge in [0.1, 0.15) is 5.60 Å². The highest BCUT2D eigenvalue weighted by Crippen LogP contribution is 2.12. The summed E-state index contributed by atoms with van der Waals surface area (Å²) < 4.78 is 10.6. The van der Waals surface area contributed by atoms with Gasteiger partial charge in [-0.2, -0.15) is 0 Å². The largest absolute Gasteiger partial charge is 0.444 e. The van der Waals surface area contributed by atoms with E-state index in [1.807, 2.05) is 20.8 Å². The standard InChI is InChI=1S/C12H24N2O3/c1-11(2,3)17-10(15)13-6-5-12(4)9-16-8-7-14-12/h14H,5-9H2,1-4H3,(H,13,15). The van der Waals surface area contributed by atoms with Gasteiger partial charge in [0.2, 0.25) is 0 Å². The number of morpholine rings is 1. The van der Waals surface area contributed by atoms with Gasteiger partial charge in [0.05, 0.1) is 13.2 Å². The number of hydrogen-bond acceptors (Lipinski definition) is 4. The van der Waals surface area contributed by atoms with E-state index in [9.17, 15) is 4.79 Å². The molecule has 0 saturated carbocycles. The summed E-state index contributed by atoms with van der Waals surface area (Å²) in [7, 11) is 0. The van der Waals surface area contributed by atoms with E-state index in [1.165, 1.54) is 0 Å². The molecule has 1 fully saturated rings. The summed E-state index contributed by atoms with van der Waals surface area (Å²) in [5.74, 6) is 0. The van der Waals surface area contributed by atoms with Gasteiger partial charge in [-0.1, -0.05) is 0 Å². The summed E-state index contributed by atoms with van der Waals surface area (Å²) in [5.41, 5.74) is -0.493. The molecule has 0 aromatic carbocycles. The molecule has 0 bridgehead atoms. The number of carbonyl (C=O) groups excluding carboxylic acids is 1. The zero-order valence-corrected chi connectivity index (χ0v) is 11.3. The molecule has 17 heavy (non-hydrogen) atoms. The Morgan fingerprint density at radius 3 is 2.76 bits per heavy atom. The third-order valence-corrected chi connectivity index (χ3v) is 2.56. The van der Waals surface area contributed by atoms with Gasteiger partial charge in [0, 0.05) is 18.6 Å². The SMILES string of the molecule is CC1(CCNC(=O)OC(C)(C)C)COCCN1. The lowest BCUT2D eigenvalue weighted by molar-refractivity contribution is 0.0295. The molecule has 0 spiro atoms. The van der Waals surface area contributed by atoms with Crippen LogP contribution in [0.15, 0.2) is 0 Å². The molecule has 1 unspecified atom stereocenters. The van der Waals surface area contributed by atoms with Gasteiger partial charge in [-0.25, -0.2) is 4.79 Å². The van der Waals surface area contributed by atoms with Gasteiger partial charge in [0.15, 0.2) is 0 Å². The first-order valence-electron chi connectivity index (χ1n) is 6.10. The van der Waals surface area contributed by atoms with Crippen LogP contribution >= 0.6 is 0 Å². The van der Waals surface area contributed by atoms with Crippen molar-refractivity contribution >= 4 is 6.09 Å². The third-order valence-electron chi connectivity index (χ3n) is 2.56. The molecule has 5 nitrogen and oxygen atoms in total. The van der Waals surface area contributed by atoms with Crippen molar-refractivity contribution in [3.05, 3.63) is 0 Å². The van der Waals surface area contributed by atoms with E-state index >= 15 is 0 Å². The molecular formula is C12H24N2O3. The number of carbonyl (C=O) groups is 1.